The molecule has 5 rings (SSSR count). The summed E-state index contributed by atoms with van der Waals surface area (Å²) in [5.74, 6) is 0.910. The van der Waals surface area contributed by atoms with Crippen LogP contribution in [0.5, 0.6) is 5.75 Å². The van der Waals surface area contributed by atoms with E-state index in [1.165, 1.54) is 6.07 Å². The molecule has 3 aromatic rings. The van der Waals surface area contributed by atoms with Crippen molar-refractivity contribution in [2.24, 2.45) is 4.40 Å². The van der Waals surface area contributed by atoms with Crippen LogP contribution < -0.4 is 15.4 Å². The first kappa shape index (κ1) is 20.3. The van der Waals surface area contributed by atoms with E-state index < -0.39 is 10.0 Å². The van der Waals surface area contributed by atoms with Gasteiger partial charge in [0, 0.05) is 22.4 Å². The molecule has 0 spiro atoms. The van der Waals surface area contributed by atoms with E-state index in [1.54, 1.807) is 42.5 Å². The van der Waals surface area contributed by atoms with Gasteiger partial charge in [0.1, 0.15) is 17.3 Å². The number of benzene rings is 3. The van der Waals surface area contributed by atoms with Crippen LogP contribution in [0.3, 0.4) is 0 Å². The Bertz CT molecular complexity index is 1380. The standard InChI is InChI=1S/C24H21N3O4S/c1-14-7-12-18-20(13-31-22(18)15(14)2)26-24(28)16-8-10-17(11-9-16)25-23-19-5-3-4-6-21(19)32(29,30)27-23/h3-12,20H,13H2,1-2H3,(H,25,27)(H,26,28). The number of amides is 1. The molecule has 0 bridgehead atoms. The lowest BCUT2D eigenvalue weighted by Gasteiger charge is -2.13. The number of sulfonamides is 1. The van der Waals surface area contributed by atoms with Crippen molar-refractivity contribution < 1.29 is 17.9 Å². The monoisotopic (exact) mass is 447 g/mol. The Labute approximate surface area is 186 Å². The van der Waals surface area contributed by atoms with Crippen LogP contribution in [0, 0.1) is 13.8 Å². The molecule has 0 saturated heterocycles. The van der Waals surface area contributed by atoms with Gasteiger partial charge in [-0.1, -0.05) is 24.3 Å². The Morgan fingerprint density at radius 1 is 1.03 bits per heavy atom. The molecule has 1 atom stereocenters. The van der Waals surface area contributed by atoms with E-state index in [0.29, 0.717) is 23.4 Å². The topological polar surface area (TPSA) is 96.9 Å². The maximum atomic E-state index is 12.8. The van der Waals surface area contributed by atoms with Crippen molar-refractivity contribution >= 4 is 27.5 Å². The van der Waals surface area contributed by atoms with Crippen LogP contribution in [0.25, 0.3) is 0 Å². The molecule has 1 amide bonds. The van der Waals surface area contributed by atoms with Gasteiger partial charge in [-0.2, -0.15) is 8.42 Å². The van der Waals surface area contributed by atoms with Gasteiger partial charge in [0.05, 0.1) is 6.04 Å². The van der Waals surface area contributed by atoms with Crippen molar-refractivity contribution in [1.29, 1.82) is 0 Å². The number of hydrogen-bond donors (Lipinski definition) is 2. The van der Waals surface area contributed by atoms with Gasteiger partial charge in [0.25, 0.3) is 15.9 Å². The minimum absolute atomic E-state index is 0.183. The SMILES string of the molecule is Cc1ccc2c(c1C)OCC2NC(=O)c1ccc(NC2=NS(=O)(=O)c3ccccc32)cc1. The summed E-state index contributed by atoms with van der Waals surface area (Å²) < 4.78 is 34.0. The van der Waals surface area contributed by atoms with Crippen molar-refractivity contribution in [3.63, 3.8) is 0 Å². The molecule has 162 valence electrons. The molecule has 2 N–H and O–H groups in total. The van der Waals surface area contributed by atoms with Gasteiger partial charge in [-0.05, 0) is 61.4 Å². The number of rotatable bonds is 3. The van der Waals surface area contributed by atoms with Crippen molar-refractivity contribution in [3.8, 4) is 5.75 Å². The van der Waals surface area contributed by atoms with E-state index in [9.17, 15) is 13.2 Å². The van der Waals surface area contributed by atoms with Crippen molar-refractivity contribution in [3.05, 3.63) is 88.5 Å². The molecule has 32 heavy (non-hydrogen) atoms. The van der Waals surface area contributed by atoms with Gasteiger partial charge in [-0.15, -0.1) is 4.40 Å². The van der Waals surface area contributed by atoms with Crippen LogP contribution >= 0.6 is 0 Å². The average molecular weight is 448 g/mol. The Balaban J connectivity index is 1.30. The quantitative estimate of drug-likeness (QED) is 0.638. The molecule has 0 fully saturated rings. The van der Waals surface area contributed by atoms with Crippen LogP contribution in [0.15, 0.2) is 70.0 Å². The van der Waals surface area contributed by atoms with Crippen LogP contribution in [0.1, 0.15) is 38.7 Å². The third-order valence-electron chi connectivity index (χ3n) is 5.82. The highest BCUT2D eigenvalue weighted by Crippen LogP contribution is 2.36. The lowest BCUT2D eigenvalue weighted by atomic mass is 10.0. The van der Waals surface area contributed by atoms with E-state index in [-0.39, 0.29) is 22.7 Å². The maximum absolute atomic E-state index is 12.8. The molecular formula is C24H21N3O4S. The fourth-order valence-corrected chi connectivity index (χ4v) is 5.11. The third-order valence-corrected chi connectivity index (χ3v) is 7.16. The van der Waals surface area contributed by atoms with Gasteiger partial charge in [0.15, 0.2) is 5.84 Å². The lowest BCUT2D eigenvalue weighted by molar-refractivity contribution is 0.0930. The summed E-state index contributed by atoms with van der Waals surface area (Å²) in [6.07, 6.45) is 0. The molecule has 7 nitrogen and oxygen atoms in total. The Morgan fingerprint density at radius 3 is 2.56 bits per heavy atom. The number of ether oxygens (including phenoxy) is 1. The summed E-state index contributed by atoms with van der Waals surface area (Å²) in [5, 5.41) is 6.06. The van der Waals surface area contributed by atoms with Crippen molar-refractivity contribution in [1.82, 2.24) is 5.32 Å². The molecular weight excluding hydrogens is 426 g/mol. The summed E-state index contributed by atoms with van der Waals surface area (Å²) in [7, 11) is -3.69. The van der Waals surface area contributed by atoms with Crippen LogP contribution in [0.2, 0.25) is 0 Å². The second kappa shape index (κ2) is 7.49. The minimum atomic E-state index is -3.69. The highest BCUT2D eigenvalue weighted by molar-refractivity contribution is 7.90. The van der Waals surface area contributed by atoms with Crippen LogP contribution in [-0.4, -0.2) is 26.8 Å². The predicted octanol–water partition coefficient (Wildman–Crippen LogP) is 3.73. The molecule has 2 aliphatic rings. The lowest BCUT2D eigenvalue weighted by Crippen LogP contribution is -2.29. The fourth-order valence-electron chi connectivity index (χ4n) is 3.93. The molecule has 2 heterocycles. The molecule has 0 saturated carbocycles. The largest absolute Gasteiger partial charge is 0.490 e. The number of fused-ring (bicyclic) bond motifs is 2. The minimum Gasteiger partial charge on any atom is -0.490 e. The Hall–Kier alpha value is -3.65. The van der Waals surface area contributed by atoms with E-state index in [4.69, 9.17) is 4.74 Å². The first-order valence-corrected chi connectivity index (χ1v) is 11.6. The van der Waals surface area contributed by atoms with Gasteiger partial charge < -0.3 is 15.4 Å². The number of amidine groups is 1. The predicted molar refractivity (Wildman–Crippen MR) is 122 cm³/mol. The zero-order valence-corrected chi connectivity index (χ0v) is 18.4. The molecule has 2 aliphatic heterocycles. The second-order valence-corrected chi connectivity index (χ2v) is 9.45. The summed E-state index contributed by atoms with van der Waals surface area (Å²) in [4.78, 5) is 13.0. The highest BCUT2D eigenvalue weighted by Gasteiger charge is 2.29. The number of anilines is 1. The Kier molecular flexibility index (Phi) is 4.74. The molecule has 8 heteroatoms. The second-order valence-electron chi connectivity index (χ2n) is 7.88. The van der Waals surface area contributed by atoms with E-state index in [0.717, 1.165) is 22.4 Å². The number of carbonyl (C=O) groups excluding carboxylic acids is 1. The van der Waals surface area contributed by atoms with Crippen LogP contribution in [-0.2, 0) is 10.0 Å². The van der Waals surface area contributed by atoms with Gasteiger partial charge in [0.2, 0.25) is 0 Å². The fraction of sp³-hybridized carbons (Fsp3) is 0.167. The molecule has 0 radical (unpaired) electrons. The van der Waals surface area contributed by atoms with Gasteiger partial charge >= 0.3 is 0 Å². The van der Waals surface area contributed by atoms with Gasteiger partial charge in [-0.3, -0.25) is 4.79 Å². The Morgan fingerprint density at radius 2 is 1.78 bits per heavy atom. The summed E-state index contributed by atoms with van der Waals surface area (Å²) >= 11 is 0. The number of nitrogens with one attached hydrogen (secondary N) is 2. The van der Waals surface area contributed by atoms with Gasteiger partial charge in [-0.25, -0.2) is 0 Å². The maximum Gasteiger partial charge on any atom is 0.285 e. The normalized spacial score (nSPS) is 17.7. The number of carbonyl (C=O) groups is 1. The molecule has 1 unspecified atom stereocenters. The highest BCUT2D eigenvalue weighted by atomic mass is 32.2. The smallest absolute Gasteiger partial charge is 0.285 e. The third kappa shape index (κ3) is 3.42. The van der Waals surface area contributed by atoms with Crippen molar-refractivity contribution in [2.45, 2.75) is 24.8 Å². The zero-order valence-electron chi connectivity index (χ0n) is 17.5. The summed E-state index contributed by atoms with van der Waals surface area (Å²) in [6.45, 7) is 4.45. The van der Waals surface area contributed by atoms with Crippen LogP contribution in [0.4, 0.5) is 5.69 Å². The van der Waals surface area contributed by atoms with E-state index >= 15 is 0 Å². The molecule has 3 aromatic carbocycles. The molecule has 0 aromatic heterocycles. The first-order valence-electron chi connectivity index (χ1n) is 10.2. The van der Waals surface area contributed by atoms with E-state index in [2.05, 4.69) is 15.0 Å². The average Bonchev–Trinajstić information content (AvgIpc) is 3.30. The van der Waals surface area contributed by atoms with E-state index in [1.807, 2.05) is 26.0 Å². The zero-order chi connectivity index (χ0) is 22.5. The number of aryl methyl sites for hydroxylation is 1. The number of nitrogens with zero attached hydrogens (tertiary/aromatic N) is 1. The summed E-state index contributed by atoms with van der Waals surface area (Å²) in [5.41, 5.74) is 4.88. The van der Waals surface area contributed by atoms with Crippen molar-refractivity contribution in [2.75, 3.05) is 11.9 Å². The molecule has 0 aliphatic carbocycles. The summed E-state index contributed by atoms with van der Waals surface area (Å²) in [6, 6.07) is 17.3. The first-order chi connectivity index (χ1) is 15.3. The number of hydrogen-bond acceptors (Lipinski definition) is 5.